The number of nitrogens with zero attached hydrogens (tertiary/aromatic N) is 3. The fraction of sp³-hybridized carbons (Fsp3) is 0.457. The molecule has 1 saturated heterocycles. The molecule has 1 aromatic heterocycles. The van der Waals surface area contributed by atoms with Crippen LogP contribution in [0, 0.1) is 12.3 Å². The Kier molecular flexibility index (Phi) is 9.72. The van der Waals surface area contributed by atoms with Crippen LogP contribution in [-0.2, 0) is 14.4 Å². The molecule has 10 nitrogen and oxygen atoms in total. The van der Waals surface area contributed by atoms with Crippen LogP contribution in [0.3, 0.4) is 0 Å². The van der Waals surface area contributed by atoms with E-state index in [4.69, 9.17) is 14.6 Å². The first-order valence-electron chi connectivity index (χ1n) is 15.7. The summed E-state index contributed by atoms with van der Waals surface area (Å²) < 4.78 is 6.25. The van der Waals surface area contributed by atoms with Gasteiger partial charge in [0.2, 0.25) is 0 Å². The Morgan fingerprint density at radius 2 is 1.87 bits per heavy atom. The fourth-order valence-electron chi connectivity index (χ4n) is 6.23. The molecule has 1 aliphatic carbocycles. The Labute approximate surface area is 277 Å². The molecule has 2 atom stereocenters. The van der Waals surface area contributed by atoms with Crippen LogP contribution in [0.2, 0.25) is 0 Å². The first kappa shape index (κ1) is 33.4. The largest absolute Gasteiger partial charge is 0.481 e. The summed E-state index contributed by atoms with van der Waals surface area (Å²) in [6.07, 6.45) is 1.35. The molecule has 244 valence electrons. The average molecular weight is 694 g/mol. The summed E-state index contributed by atoms with van der Waals surface area (Å²) in [7, 11) is 0. The number of rotatable bonds is 8. The number of ether oxygens (including phenoxy) is 1. The van der Waals surface area contributed by atoms with Gasteiger partial charge >= 0.3 is 12.1 Å². The van der Waals surface area contributed by atoms with Crippen LogP contribution in [0.25, 0.3) is 22.2 Å². The van der Waals surface area contributed by atoms with Crippen molar-refractivity contribution in [2.75, 3.05) is 13.1 Å². The van der Waals surface area contributed by atoms with E-state index in [1.807, 2.05) is 83.1 Å². The molecule has 1 saturated carbocycles. The van der Waals surface area contributed by atoms with E-state index in [0.29, 0.717) is 66.6 Å². The Morgan fingerprint density at radius 3 is 2.52 bits per heavy atom. The third-order valence-electron chi connectivity index (χ3n) is 8.60. The number of amides is 2. The van der Waals surface area contributed by atoms with Crippen molar-refractivity contribution >= 4 is 50.5 Å². The van der Waals surface area contributed by atoms with E-state index >= 15 is 0 Å². The number of nitrogens with one attached hydrogen (secondary N) is 1. The Hall–Kier alpha value is -3.99. The number of aliphatic carboxylic acids is 1. The van der Waals surface area contributed by atoms with Gasteiger partial charge in [0.05, 0.1) is 47.0 Å². The van der Waals surface area contributed by atoms with Crippen molar-refractivity contribution in [1.29, 1.82) is 0 Å². The monoisotopic (exact) mass is 692 g/mol. The molecule has 2 heterocycles. The van der Waals surface area contributed by atoms with Crippen molar-refractivity contribution in [2.24, 2.45) is 10.6 Å². The van der Waals surface area contributed by atoms with E-state index in [0.717, 1.165) is 15.6 Å². The molecule has 3 aromatic rings. The SMILES string of the molecule is CCCC1(C(=O)O)CCC(NC(=O)c2c(C)c(-c3ccccc3)nc3ccc(Br)cc23)/C(=N/OC2CN(C(=O)OC(C)(C)C)C2)C1. The van der Waals surface area contributed by atoms with Gasteiger partial charge in [-0.2, -0.15) is 0 Å². The normalized spacial score (nSPS) is 21.1. The molecular formula is C35H41BrN4O6. The zero-order valence-electron chi connectivity index (χ0n) is 26.9. The van der Waals surface area contributed by atoms with Crippen LogP contribution >= 0.6 is 15.9 Å². The number of carboxylic acid groups (broad SMARTS) is 1. The Balaban J connectivity index is 1.43. The predicted molar refractivity (Wildman–Crippen MR) is 180 cm³/mol. The van der Waals surface area contributed by atoms with Gasteiger partial charge in [-0.3, -0.25) is 9.59 Å². The van der Waals surface area contributed by atoms with Crippen molar-refractivity contribution in [2.45, 2.75) is 84.5 Å². The summed E-state index contributed by atoms with van der Waals surface area (Å²) in [5.41, 5.74) is 2.42. The Bertz CT molecular complexity index is 1670. The minimum atomic E-state index is -0.995. The molecule has 5 rings (SSSR count). The highest BCUT2D eigenvalue weighted by Gasteiger charge is 2.45. The molecule has 1 aliphatic heterocycles. The van der Waals surface area contributed by atoms with Crippen LogP contribution in [0.4, 0.5) is 4.79 Å². The lowest BCUT2D eigenvalue weighted by molar-refractivity contribution is -0.150. The number of carbonyl (C=O) groups excluding carboxylic acids is 2. The number of hydrogen-bond donors (Lipinski definition) is 2. The van der Waals surface area contributed by atoms with Crippen molar-refractivity contribution in [3.05, 3.63) is 64.1 Å². The fourth-order valence-corrected chi connectivity index (χ4v) is 6.59. The topological polar surface area (TPSA) is 130 Å². The van der Waals surface area contributed by atoms with Gasteiger partial charge in [0.25, 0.3) is 5.91 Å². The minimum Gasteiger partial charge on any atom is -0.481 e. The van der Waals surface area contributed by atoms with E-state index in [9.17, 15) is 19.5 Å². The van der Waals surface area contributed by atoms with Gasteiger partial charge in [-0.05, 0) is 70.7 Å². The van der Waals surface area contributed by atoms with Crippen LogP contribution in [0.1, 0.15) is 75.7 Å². The van der Waals surface area contributed by atoms with E-state index < -0.39 is 29.1 Å². The molecule has 11 heteroatoms. The number of halogens is 1. The summed E-state index contributed by atoms with van der Waals surface area (Å²) >= 11 is 3.54. The maximum absolute atomic E-state index is 14.2. The zero-order chi connectivity index (χ0) is 33.2. The first-order chi connectivity index (χ1) is 21.8. The average Bonchev–Trinajstić information content (AvgIpc) is 2.96. The highest BCUT2D eigenvalue weighted by molar-refractivity contribution is 9.10. The van der Waals surface area contributed by atoms with E-state index in [1.54, 1.807) is 0 Å². The number of benzene rings is 2. The number of aromatic nitrogens is 1. The van der Waals surface area contributed by atoms with Crippen LogP contribution in [-0.4, -0.2) is 69.5 Å². The molecule has 2 unspecified atom stereocenters. The van der Waals surface area contributed by atoms with Crippen molar-refractivity contribution in [3.8, 4) is 11.3 Å². The molecular weight excluding hydrogens is 652 g/mol. The molecule has 0 spiro atoms. The van der Waals surface area contributed by atoms with Gasteiger partial charge < -0.3 is 24.9 Å². The summed E-state index contributed by atoms with van der Waals surface area (Å²) in [5.74, 6) is -1.17. The van der Waals surface area contributed by atoms with Crippen molar-refractivity contribution in [1.82, 2.24) is 15.2 Å². The quantitative estimate of drug-likeness (QED) is 0.241. The number of carboxylic acids is 1. The number of pyridine rings is 1. The van der Waals surface area contributed by atoms with Crippen molar-refractivity contribution < 1.29 is 29.1 Å². The number of likely N-dealkylation sites (tertiary alicyclic amines) is 1. The van der Waals surface area contributed by atoms with Crippen LogP contribution in [0.5, 0.6) is 0 Å². The molecule has 46 heavy (non-hydrogen) atoms. The maximum atomic E-state index is 14.2. The van der Waals surface area contributed by atoms with Crippen LogP contribution < -0.4 is 5.32 Å². The zero-order valence-corrected chi connectivity index (χ0v) is 28.5. The molecule has 2 fully saturated rings. The van der Waals surface area contributed by atoms with E-state index in [-0.39, 0.29) is 18.4 Å². The van der Waals surface area contributed by atoms with Gasteiger partial charge in [0.15, 0.2) is 6.10 Å². The van der Waals surface area contributed by atoms with Gasteiger partial charge in [-0.15, -0.1) is 0 Å². The highest BCUT2D eigenvalue weighted by Crippen LogP contribution is 2.40. The molecule has 2 aliphatic rings. The maximum Gasteiger partial charge on any atom is 0.410 e. The number of oxime groups is 1. The second-order valence-electron chi connectivity index (χ2n) is 13.3. The second kappa shape index (κ2) is 13.4. The standard InChI is InChI=1S/C35H41BrN4O6/c1-6-15-35(32(42)43)16-14-27(28(18-35)39-46-24-19-40(20-24)33(44)45-34(3,4)5)38-31(41)29-21(2)30(22-10-8-7-9-11-22)37-26-13-12-23(36)17-25(26)29/h7-13,17,24,27H,6,14-16,18-20H2,1-5H3,(H,38,41)(H,42,43)/b39-28+. The lowest BCUT2D eigenvalue weighted by Crippen LogP contribution is -2.55. The van der Waals surface area contributed by atoms with Gasteiger partial charge in [-0.25, -0.2) is 9.78 Å². The number of carbonyl (C=O) groups is 3. The molecule has 2 aromatic carbocycles. The Morgan fingerprint density at radius 1 is 1.15 bits per heavy atom. The molecule has 2 N–H and O–H groups in total. The third-order valence-corrected chi connectivity index (χ3v) is 9.10. The third kappa shape index (κ3) is 7.19. The number of hydrogen-bond acceptors (Lipinski definition) is 7. The molecule has 0 bridgehead atoms. The van der Waals surface area contributed by atoms with E-state index in [2.05, 4.69) is 26.4 Å². The minimum absolute atomic E-state index is 0.153. The summed E-state index contributed by atoms with van der Waals surface area (Å²) in [5, 5.41) is 18.6. The highest BCUT2D eigenvalue weighted by atomic mass is 79.9. The summed E-state index contributed by atoms with van der Waals surface area (Å²) in [4.78, 5) is 51.4. The van der Waals surface area contributed by atoms with Gasteiger partial charge in [0, 0.05) is 21.8 Å². The van der Waals surface area contributed by atoms with Crippen molar-refractivity contribution in [3.63, 3.8) is 0 Å². The smallest absolute Gasteiger partial charge is 0.410 e. The number of fused-ring (bicyclic) bond motifs is 1. The van der Waals surface area contributed by atoms with Crippen LogP contribution in [0.15, 0.2) is 58.2 Å². The van der Waals surface area contributed by atoms with E-state index in [1.165, 1.54) is 4.90 Å². The summed E-state index contributed by atoms with van der Waals surface area (Å²) in [6.45, 7) is 9.90. The lowest BCUT2D eigenvalue weighted by atomic mass is 9.69. The second-order valence-corrected chi connectivity index (χ2v) is 14.2. The molecule has 0 radical (unpaired) electrons. The predicted octanol–water partition coefficient (Wildman–Crippen LogP) is 7.12. The van der Waals surface area contributed by atoms with Gasteiger partial charge in [-0.1, -0.05) is 64.8 Å². The van der Waals surface area contributed by atoms with Gasteiger partial charge in [0.1, 0.15) is 5.60 Å². The molecule has 2 amide bonds. The lowest BCUT2D eigenvalue weighted by Gasteiger charge is -2.40. The first-order valence-corrected chi connectivity index (χ1v) is 16.5. The summed E-state index contributed by atoms with van der Waals surface area (Å²) in [6, 6.07) is 14.9.